The summed E-state index contributed by atoms with van der Waals surface area (Å²) in [6, 6.07) is 7.06. The first-order valence-corrected chi connectivity index (χ1v) is 12.4. The quantitative estimate of drug-likeness (QED) is 0.185. The first-order valence-electron chi connectivity index (χ1n) is 10.9. The predicted molar refractivity (Wildman–Crippen MR) is 138 cm³/mol. The number of guanidine groups is 1. The van der Waals surface area contributed by atoms with Gasteiger partial charge in [-0.25, -0.2) is 17.7 Å². The molecule has 7 nitrogen and oxygen atoms in total. The molecule has 2 rings (SSSR count). The molecule has 0 spiro atoms. The van der Waals surface area contributed by atoms with Crippen LogP contribution in [0.5, 0.6) is 0 Å². The normalized spacial score (nSPS) is 16.2. The molecule has 31 heavy (non-hydrogen) atoms. The van der Waals surface area contributed by atoms with Gasteiger partial charge in [0.15, 0.2) is 5.96 Å². The highest BCUT2D eigenvalue weighted by Gasteiger charge is 2.33. The van der Waals surface area contributed by atoms with Gasteiger partial charge in [0.2, 0.25) is 10.0 Å². The van der Waals surface area contributed by atoms with E-state index in [1.165, 1.54) is 30.0 Å². The van der Waals surface area contributed by atoms with E-state index < -0.39 is 10.0 Å². The second-order valence-corrected chi connectivity index (χ2v) is 10.2. The van der Waals surface area contributed by atoms with E-state index in [0.29, 0.717) is 17.0 Å². The van der Waals surface area contributed by atoms with Crippen LogP contribution in [0.4, 0.5) is 0 Å². The van der Waals surface area contributed by atoms with Crippen molar-refractivity contribution >= 4 is 40.0 Å². The number of hydrogen-bond donors (Lipinski definition) is 2. The molecule has 1 saturated carbocycles. The Kier molecular flexibility index (Phi) is 12.3. The maximum Gasteiger partial charge on any atom is 0.242 e. The Morgan fingerprint density at radius 2 is 1.84 bits per heavy atom. The monoisotopic (exact) mass is 566 g/mol. The van der Waals surface area contributed by atoms with E-state index in [0.717, 1.165) is 38.7 Å². The number of nitrogens with zero attached hydrogens (tertiary/aromatic N) is 2. The summed E-state index contributed by atoms with van der Waals surface area (Å²) >= 11 is 0. The third-order valence-corrected chi connectivity index (χ3v) is 7.67. The van der Waals surface area contributed by atoms with Gasteiger partial charge in [0.1, 0.15) is 0 Å². The molecule has 0 bridgehead atoms. The molecule has 178 valence electrons. The van der Waals surface area contributed by atoms with Gasteiger partial charge in [0.25, 0.3) is 0 Å². The highest BCUT2D eigenvalue weighted by atomic mass is 127. The maximum atomic E-state index is 12.6. The van der Waals surface area contributed by atoms with E-state index in [1.54, 1.807) is 26.2 Å². The van der Waals surface area contributed by atoms with Gasteiger partial charge in [0, 0.05) is 40.4 Å². The van der Waals surface area contributed by atoms with Crippen LogP contribution in [0, 0.1) is 5.41 Å². The first-order chi connectivity index (χ1) is 14.3. The fourth-order valence-corrected chi connectivity index (χ4v) is 5.04. The highest BCUT2D eigenvalue weighted by molar-refractivity contribution is 14.0. The van der Waals surface area contributed by atoms with E-state index in [2.05, 4.69) is 15.6 Å². The summed E-state index contributed by atoms with van der Waals surface area (Å²) in [6.07, 6.45) is 5.98. The van der Waals surface area contributed by atoms with Gasteiger partial charge in [-0.2, -0.15) is 0 Å². The zero-order chi connectivity index (χ0) is 22.0. The van der Waals surface area contributed by atoms with Crippen LogP contribution in [-0.4, -0.2) is 59.1 Å². The Bertz CT molecular complexity index is 794. The van der Waals surface area contributed by atoms with Gasteiger partial charge in [-0.15, -0.1) is 24.0 Å². The molecule has 0 unspecified atom stereocenters. The number of hydrogen-bond acceptors (Lipinski definition) is 4. The lowest BCUT2D eigenvalue weighted by atomic mass is 9.83. The van der Waals surface area contributed by atoms with E-state index in [-0.39, 0.29) is 29.4 Å². The molecule has 0 radical (unpaired) electrons. The third-order valence-electron chi connectivity index (χ3n) is 5.76. The standard InChI is InChI=1S/C22H38N4O3S.HI/c1-5-23-21(25-18-22(13-9-10-14-22)15-16-29-6-2)24-17-19-11-7-8-12-20(19)30(27,28)26(3)4;/h7-8,11-12H,5-6,9-10,13-18H2,1-4H3,(H2,23,24,25);1H. The minimum absolute atomic E-state index is 0. The van der Waals surface area contributed by atoms with Crippen molar-refractivity contribution in [3.05, 3.63) is 29.8 Å². The smallest absolute Gasteiger partial charge is 0.242 e. The van der Waals surface area contributed by atoms with Crippen LogP contribution < -0.4 is 10.6 Å². The molecule has 0 atom stereocenters. The molecule has 0 aromatic heterocycles. The lowest BCUT2D eigenvalue weighted by Gasteiger charge is -2.30. The van der Waals surface area contributed by atoms with Crippen LogP contribution in [0.2, 0.25) is 0 Å². The zero-order valence-electron chi connectivity index (χ0n) is 19.3. The molecule has 1 aromatic carbocycles. The molecular weight excluding hydrogens is 527 g/mol. The number of benzene rings is 1. The van der Waals surface area contributed by atoms with Crippen LogP contribution in [0.15, 0.2) is 34.2 Å². The average molecular weight is 567 g/mol. The van der Waals surface area contributed by atoms with E-state index in [4.69, 9.17) is 4.74 Å². The van der Waals surface area contributed by atoms with Crippen molar-refractivity contribution in [2.45, 2.75) is 57.4 Å². The third kappa shape index (κ3) is 8.18. The van der Waals surface area contributed by atoms with E-state index in [1.807, 2.05) is 26.0 Å². The minimum Gasteiger partial charge on any atom is -0.382 e. The molecule has 1 aliphatic carbocycles. The minimum atomic E-state index is -3.51. The maximum absolute atomic E-state index is 12.6. The van der Waals surface area contributed by atoms with Crippen molar-refractivity contribution < 1.29 is 13.2 Å². The van der Waals surface area contributed by atoms with Crippen molar-refractivity contribution in [1.82, 2.24) is 14.9 Å². The molecular formula is C22H39IN4O3S. The number of halogens is 1. The molecule has 2 N–H and O–H groups in total. The average Bonchev–Trinajstić information content (AvgIpc) is 3.19. The molecule has 1 aromatic rings. The lowest BCUT2D eigenvalue weighted by Crippen LogP contribution is -2.43. The molecule has 0 aliphatic heterocycles. The highest BCUT2D eigenvalue weighted by Crippen LogP contribution is 2.40. The van der Waals surface area contributed by atoms with Crippen molar-refractivity contribution in [1.29, 1.82) is 0 Å². The second-order valence-electron chi connectivity index (χ2n) is 8.10. The number of sulfonamides is 1. The van der Waals surface area contributed by atoms with Crippen LogP contribution in [0.3, 0.4) is 0 Å². The number of nitrogens with one attached hydrogen (secondary N) is 2. The first kappa shape index (κ1) is 28.1. The molecule has 0 amide bonds. The second kappa shape index (κ2) is 13.6. The van der Waals surface area contributed by atoms with Crippen LogP contribution in [0.25, 0.3) is 0 Å². The summed E-state index contributed by atoms with van der Waals surface area (Å²) in [5, 5.41) is 6.80. The van der Waals surface area contributed by atoms with Crippen molar-refractivity contribution in [2.24, 2.45) is 10.4 Å². The SMILES string of the molecule is CCNC(=NCc1ccccc1S(=O)(=O)N(C)C)NCC1(CCOCC)CCCC1.I. The van der Waals surface area contributed by atoms with Gasteiger partial charge >= 0.3 is 0 Å². The summed E-state index contributed by atoms with van der Waals surface area (Å²) in [5.74, 6) is 0.720. The van der Waals surface area contributed by atoms with Gasteiger partial charge in [-0.1, -0.05) is 31.0 Å². The summed E-state index contributed by atoms with van der Waals surface area (Å²) in [5.41, 5.74) is 0.938. The Labute approximate surface area is 205 Å². The summed E-state index contributed by atoms with van der Waals surface area (Å²) in [4.78, 5) is 4.99. The van der Waals surface area contributed by atoms with E-state index >= 15 is 0 Å². The summed E-state index contributed by atoms with van der Waals surface area (Å²) < 4.78 is 32.1. The fraction of sp³-hybridized carbons (Fsp3) is 0.682. The Balaban J connectivity index is 0.00000480. The fourth-order valence-electron chi connectivity index (χ4n) is 3.93. The molecule has 9 heteroatoms. The number of aliphatic imine (C=N–C) groups is 1. The Morgan fingerprint density at radius 3 is 2.45 bits per heavy atom. The lowest BCUT2D eigenvalue weighted by molar-refractivity contribution is 0.105. The van der Waals surface area contributed by atoms with Gasteiger partial charge in [0.05, 0.1) is 11.4 Å². The Morgan fingerprint density at radius 1 is 1.16 bits per heavy atom. The largest absolute Gasteiger partial charge is 0.382 e. The van der Waals surface area contributed by atoms with Gasteiger partial charge in [-0.05, 0) is 50.2 Å². The van der Waals surface area contributed by atoms with Crippen LogP contribution in [-0.2, 0) is 21.3 Å². The summed E-state index contributed by atoms with van der Waals surface area (Å²) in [7, 11) is -0.414. The van der Waals surface area contributed by atoms with Crippen LogP contribution in [0.1, 0.15) is 51.5 Å². The van der Waals surface area contributed by atoms with Crippen LogP contribution >= 0.6 is 24.0 Å². The van der Waals surface area contributed by atoms with Crippen molar-refractivity contribution in [3.8, 4) is 0 Å². The topological polar surface area (TPSA) is 83.0 Å². The number of rotatable bonds is 11. The molecule has 1 aliphatic rings. The summed E-state index contributed by atoms with van der Waals surface area (Å²) in [6.45, 7) is 7.50. The Hall–Kier alpha value is -0.910. The number of ether oxygens (including phenoxy) is 1. The molecule has 0 saturated heterocycles. The van der Waals surface area contributed by atoms with Crippen molar-refractivity contribution in [2.75, 3.05) is 40.4 Å². The predicted octanol–water partition coefficient (Wildman–Crippen LogP) is 3.60. The zero-order valence-corrected chi connectivity index (χ0v) is 22.5. The molecule has 0 heterocycles. The van der Waals surface area contributed by atoms with Crippen molar-refractivity contribution in [3.63, 3.8) is 0 Å². The van der Waals surface area contributed by atoms with Gasteiger partial charge < -0.3 is 15.4 Å². The van der Waals surface area contributed by atoms with Gasteiger partial charge in [-0.3, -0.25) is 0 Å². The van der Waals surface area contributed by atoms with E-state index in [9.17, 15) is 8.42 Å². The molecule has 1 fully saturated rings.